The largest absolute Gasteiger partial charge is 0.489 e. The summed E-state index contributed by atoms with van der Waals surface area (Å²) < 4.78 is 16.7. The maximum atomic E-state index is 12.6. The Bertz CT molecular complexity index is 549. The molecule has 2 aliphatic rings. The smallest absolute Gasteiger partial charge is 0.254 e. The number of halogens is 1. The van der Waals surface area contributed by atoms with Crippen molar-refractivity contribution in [2.45, 2.75) is 19.4 Å². The highest BCUT2D eigenvalue weighted by atomic mass is 35.5. The van der Waals surface area contributed by atoms with Gasteiger partial charge < -0.3 is 19.1 Å². The van der Waals surface area contributed by atoms with Crippen molar-refractivity contribution in [2.75, 3.05) is 32.9 Å². The lowest BCUT2D eigenvalue weighted by atomic mass is 10.1. The van der Waals surface area contributed by atoms with Gasteiger partial charge in [0.05, 0.1) is 30.9 Å². The van der Waals surface area contributed by atoms with E-state index < -0.39 is 0 Å². The minimum Gasteiger partial charge on any atom is -0.489 e. The van der Waals surface area contributed by atoms with E-state index >= 15 is 0 Å². The number of benzene rings is 1. The van der Waals surface area contributed by atoms with E-state index in [1.165, 1.54) is 0 Å². The maximum absolute atomic E-state index is 12.6. The lowest BCUT2D eigenvalue weighted by Gasteiger charge is -2.31. The van der Waals surface area contributed by atoms with Crippen LogP contribution in [0.2, 0.25) is 5.02 Å². The predicted molar refractivity (Wildman–Crippen MR) is 78.4 cm³/mol. The molecule has 1 amide bonds. The van der Waals surface area contributed by atoms with Crippen LogP contribution in [0, 0.1) is 0 Å². The van der Waals surface area contributed by atoms with Gasteiger partial charge in [-0.25, -0.2) is 0 Å². The number of hydrogen-bond acceptors (Lipinski definition) is 4. The zero-order valence-corrected chi connectivity index (χ0v) is 12.7. The molecular weight excluding hydrogens is 294 g/mol. The van der Waals surface area contributed by atoms with Crippen LogP contribution in [0.25, 0.3) is 0 Å². The Hall–Kier alpha value is -1.46. The highest BCUT2D eigenvalue weighted by Gasteiger charge is 2.25. The second-order valence-corrected chi connectivity index (χ2v) is 5.68. The fourth-order valence-corrected chi connectivity index (χ4v) is 2.80. The third kappa shape index (κ3) is 3.09. The monoisotopic (exact) mass is 311 g/mol. The number of fused-ring (bicyclic) bond motifs is 1. The van der Waals surface area contributed by atoms with E-state index in [1.54, 1.807) is 17.0 Å². The van der Waals surface area contributed by atoms with Gasteiger partial charge in [-0.2, -0.15) is 0 Å². The average Bonchev–Trinajstić information content (AvgIpc) is 2.72. The number of nitrogens with zero attached hydrogens (tertiary/aromatic N) is 1. The number of carbonyl (C=O) groups is 1. The second kappa shape index (κ2) is 6.12. The fourth-order valence-electron chi connectivity index (χ4n) is 2.54. The van der Waals surface area contributed by atoms with E-state index in [0.29, 0.717) is 55.0 Å². The van der Waals surface area contributed by atoms with E-state index in [1.807, 2.05) is 6.92 Å². The number of carbonyl (C=O) groups excluding carboxylic acids is 1. The highest BCUT2D eigenvalue weighted by molar-refractivity contribution is 6.32. The third-order valence-electron chi connectivity index (χ3n) is 3.58. The van der Waals surface area contributed by atoms with Gasteiger partial charge in [0.25, 0.3) is 5.91 Å². The number of ether oxygens (including phenoxy) is 3. The minimum absolute atomic E-state index is 0.0531. The fraction of sp³-hybridized carbons (Fsp3) is 0.533. The van der Waals surface area contributed by atoms with Crippen molar-refractivity contribution >= 4 is 17.5 Å². The quantitative estimate of drug-likeness (QED) is 0.799. The average molecular weight is 312 g/mol. The van der Waals surface area contributed by atoms with Crippen LogP contribution in [0.5, 0.6) is 11.5 Å². The minimum atomic E-state index is -0.0531. The van der Waals surface area contributed by atoms with Gasteiger partial charge >= 0.3 is 0 Å². The molecule has 0 bridgehead atoms. The van der Waals surface area contributed by atoms with Crippen LogP contribution in [0.4, 0.5) is 0 Å². The molecule has 6 heteroatoms. The van der Waals surface area contributed by atoms with E-state index in [2.05, 4.69) is 0 Å². The zero-order valence-electron chi connectivity index (χ0n) is 11.9. The van der Waals surface area contributed by atoms with Gasteiger partial charge in [0.15, 0.2) is 11.5 Å². The summed E-state index contributed by atoms with van der Waals surface area (Å²) in [5.74, 6) is 1.02. The van der Waals surface area contributed by atoms with Crippen molar-refractivity contribution < 1.29 is 19.0 Å². The number of amides is 1. The molecule has 0 saturated carbocycles. The first-order valence-corrected chi connectivity index (χ1v) is 7.53. The first kappa shape index (κ1) is 14.5. The maximum Gasteiger partial charge on any atom is 0.254 e. The van der Waals surface area contributed by atoms with E-state index in [-0.39, 0.29) is 12.0 Å². The summed E-state index contributed by atoms with van der Waals surface area (Å²) in [7, 11) is 0. The van der Waals surface area contributed by atoms with Crippen molar-refractivity contribution in [2.24, 2.45) is 0 Å². The molecule has 1 aromatic carbocycles. The van der Waals surface area contributed by atoms with Gasteiger partial charge in [-0.1, -0.05) is 11.6 Å². The number of morpholine rings is 1. The van der Waals surface area contributed by atoms with E-state index in [9.17, 15) is 4.79 Å². The van der Waals surface area contributed by atoms with Crippen molar-refractivity contribution in [3.8, 4) is 11.5 Å². The molecule has 114 valence electrons. The third-order valence-corrected chi connectivity index (χ3v) is 3.86. The first-order chi connectivity index (χ1) is 10.1. The van der Waals surface area contributed by atoms with Crippen LogP contribution in [-0.2, 0) is 4.74 Å². The molecule has 0 N–H and O–H groups in total. The topological polar surface area (TPSA) is 48.0 Å². The molecular formula is C15H18ClNO4. The summed E-state index contributed by atoms with van der Waals surface area (Å²) in [6.45, 7) is 4.84. The van der Waals surface area contributed by atoms with Crippen molar-refractivity contribution in [1.29, 1.82) is 0 Å². The van der Waals surface area contributed by atoms with Gasteiger partial charge in [0.1, 0.15) is 0 Å². The molecule has 1 fully saturated rings. The summed E-state index contributed by atoms with van der Waals surface area (Å²) >= 11 is 6.23. The summed E-state index contributed by atoms with van der Waals surface area (Å²) in [5, 5.41) is 0.416. The summed E-state index contributed by atoms with van der Waals surface area (Å²) in [5.41, 5.74) is 0.526. The molecule has 0 aliphatic carbocycles. The molecule has 0 spiro atoms. The summed E-state index contributed by atoms with van der Waals surface area (Å²) in [6.07, 6.45) is 0.855. The molecule has 1 atom stereocenters. The predicted octanol–water partition coefficient (Wildman–Crippen LogP) is 2.36. The standard InChI is InChI=1S/C15H18ClNO4/c1-10-9-17(3-6-19-10)15(18)11-7-12(16)14-13(8-11)20-4-2-5-21-14/h7-8,10H,2-6,9H2,1H3. The molecule has 1 aromatic rings. The first-order valence-electron chi connectivity index (χ1n) is 7.15. The second-order valence-electron chi connectivity index (χ2n) is 5.27. The zero-order chi connectivity index (χ0) is 14.8. The number of hydrogen-bond donors (Lipinski definition) is 0. The Balaban J connectivity index is 1.86. The molecule has 1 saturated heterocycles. The molecule has 21 heavy (non-hydrogen) atoms. The molecule has 0 radical (unpaired) electrons. The number of rotatable bonds is 1. The van der Waals surface area contributed by atoms with Crippen LogP contribution in [0.3, 0.4) is 0 Å². The normalized spacial score (nSPS) is 21.8. The van der Waals surface area contributed by atoms with Gasteiger partial charge in [-0.15, -0.1) is 0 Å². The van der Waals surface area contributed by atoms with Crippen LogP contribution in [0.1, 0.15) is 23.7 Å². The molecule has 2 aliphatic heterocycles. The van der Waals surface area contributed by atoms with E-state index in [0.717, 1.165) is 6.42 Å². The molecule has 1 unspecified atom stereocenters. The Kier molecular flexibility index (Phi) is 4.22. The van der Waals surface area contributed by atoms with Crippen molar-refractivity contribution in [3.63, 3.8) is 0 Å². The van der Waals surface area contributed by atoms with Gasteiger partial charge in [0.2, 0.25) is 0 Å². The Morgan fingerprint density at radius 3 is 2.90 bits per heavy atom. The Morgan fingerprint density at radius 2 is 2.10 bits per heavy atom. The highest BCUT2D eigenvalue weighted by Crippen LogP contribution is 2.38. The van der Waals surface area contributed by atoms with Crippen LogP contribution >= 0.6 is 11.6 Å². The molecule has 2 heterocycles. The Morgan fingerprint density at radius 1 is 1.29 bits per heavy atom. The molecule has 0 aromatic heterocycles. The van der Waals surface area contributed by atoms with E-state index in [4.69, 9.17) is 25.8 Å². The lowest BCUT2D eigenvalue weighted by Crippen LogP contribution is -2.44. The van der Waals surface area contributed by atoms with Gasteiger partial charge in [-0.05, 0) is 19.1 Å². The van der Waals surface area contributed by atoms with Gasteiger partial charge in [-0.3, -0.25) is 4.79 Å². The Labute approximate surface area is 128 Å². The SMILES string of the molecule is CC1CN(C(=O)c2cc(Cl)c3c(c2)OCCCO3)CCO1. The van der Waals surface area contributed by atoms with Crippen LogP contribution in [-0.4, -0.2) is 49.8 Å². The van der Waals surface area contributed by atoms with Crippen molar-refractivity contribution in [1.82, 2.24) is 4.90 Å². The molecule has 5 nitrogen and oxygen atoms in total. The van der Waals surface area contributed by atoms with Crippen molar-refractivity contribution in [3.05, 3.63) is 22.7 Å². The van der Waals surface area contributed by atoms with Crippen LogP contribution < -0.4 is 9.47 Å². The lowest BCUT2D eigenvalue weighted by molar-refractivity contribution is -0.0124. The molecule has 3 rings (SSSR count). The summed E-state index contributed by atoms with van der Waals surface area (Å²) in [6, 6.07) is 3.37. The van der Waals surface area contributed by atoms with Gasteiger partial charge in [0, 0.05) is 25.1 Å². The summed E-state index contributed by atoms with van der Waals surface area (Å²) in [4.78, 5) is 14.4. The van der Waals surface area contributed by atoms with Crippen LogP contribution in [0.15, 0.2) is 12.1 Å².